The van der Waals surface area contributed by atoms with Crippen molar-refractivity contribution in [3.05, 3.63) is 91.0 Å². The molecule has 0 aliphatic heterocycles. The van der Waals surface area contributed by atoms with E-state index in [4.69, 9.17) is 0 Å². The second-order valence-electron chi connectivity index (χ2n) is 5.73. The Balaban J connectivity index is 1.53. The molecule has 0 aliphatic carbocycles. The van der Waals surface area contributed by atoms with Crippen molar-refractivity contribution in [1.82, 2.24) is 9.97 Å². The van der Waals surface area contributed by atoms with Gasteiger partial charge in [-0.05, 0) is 46.2 Å². The average Bonchev–Trinajstić information content (AvgIpc) is 2.67. The van der Waals surface area contributed by atoms with Crippen molar-refractivity contribution in [2.45, 2.75) is 6.54 Å². The summed E-state index contributed by atoms with van der Waals surface area (Å²) in [6.07, 6.45) is 7.32. The van der Waals surface area contributed by atoms with Crippen molar-refractivity contribution < 1.29 is 0 Å². The molecule has 116 valence electrons. The summed E-state index contributed by atoms with van der Waals surface area (Å²) in [5, 5.41) is 5.99. The number of rotatable bonds is 4. The smallest absolute Gasteiger partial charge is 0.0535 e. The van der Waals surface area contributed by atoms with Gasteiger partial charge in [-0.15, -0.1) is 0 Å². The molecule has 4 rings (SSSR count). The fraction of sp³-hybridized carbons (Fsp3) is 0.0476. The van der Waals surface area contributed by atoms with Crippen LogP contribution in [0, 0.1) is 0 Å². The molecule has 0 atom stereocenters. The van der Waals surface area contributed by atoms with Gasteiger partial charge in [-0.3, -0.25) is 9.97 Å². The van der Waals surface area contributed by atoms with E-state index >= 15 is 0 Å². The number of hydrogen-bond acceptors (Lipinski definition) is 3. The van der Waals surface area contributed by atoms with E-state index in [1.165, 1.54) is 16.3 Å². The van der Waals surface area contributed by atoms with Gasteiger partial charge in [-0.25, -0.2) is 0 Å². The summed E-state index contributed by atoms with van der Waals surface area (Å²) in [6, 6.07) is 21.1. The molecule has 2 aromatic heterocycles. The molecule has 2 heterocycles. The summed E-state index contributed by atoms with van der Waals surface area (Å²) < 4.78 is 0. The fourth-order valence-corrected chi connectivity index (χ4v) is 2.79. The highest BCUT2D eigenvalue weighted by molar-refractivity contribution is 5.83. The van der Waals surface area contributed by atoms with E-state index < -0.39 is 0 Å². The molecule has 3 nitrogen and oxygen atoms in total. The molecule has 3 heteroatoms. The third kappa shape index (κ3) is 3.10. The highest BCUT2D eigenvalue weighted by Gasteiger charge is 2.01. The SMILES string of the molecule is c1ccc2cc(CNc3cncc(-c4ccncc4)c3)ccc2c1. The maximum Gasteiger partial charge on any atom is 0.0535 e. The lowest BCUT2D eigenvalue weighted by Crippen LogP contribution is -2.00. The van der Waals surface area contributed by atoms with Gasteiger partial charge in [0.1, 0.15) is 0 Å². The van der Waals surface area contributed by atoms with Gasteiger partial charge >= 0.3 is 0 Å². The molecular formula is C21H17N3. The molecule has 0 unspecified atom stereocenters. The van der Waals surface area contributed by atoms with Crippen molar-refractivity contribution in [3.63, 3.8) is 0 Å². The average molecular weight is 311 g/mol. The predicted octanol–water partition coefficient (Wildman–Crippen LogP) is 4.91. The molecule has 0 saturated carbocycles. The summed E-state index contributed by atoms with van der Waals surface area (Å²) >= 11 is 0. The van der Waals surface area contributed by atoms with Crippen LogP contribution in [0.5, 0.6) is 0 Å². The molecule has 24 heavy (non-hydrogen) atoms. The van der Waals surface area contributed by atoms with Crippen molar-refractivity contribution in [2.24, 2.45) is 0 Å². The first-order chi connectivity index (χ1) is 11.9. The number of nitrogens with zero attached hydrogens (tertiary/aromatic N) is 2. The topological polar surface area (TPSA) is 37.8 Å². The third-order valence-corrected chi connectivity index (χ3v) is 4.06. The van der Waals surface area contributed by atoms with Crippen LogP contribution in [-0.4, -0.2) is 9.97 Å². The van der Waals surface area contributed by atoms with Crippen LogP contribution in [-0.2, 0) is 6.54 Å². The Bertz CT molecular complexity index is 965. The molecular weight excluding hydrogens is 294 g/mol. The monoisotopic (exact) mass is 311 g/mol. The minimum atomic E-state index is 0.770. The second kappa shape index (κ2) is 6.50. The first kappa shape index (κ1) is 14.4. The third-order valence-electron chi connectivity index (χ3n) is 4.06. The zero-order valence-electron chi connectivity index (χ0n) is 13.2. The van der Waals surface area contributed by atoms with E-state index in [-0.39, 0.29) is 0 Å². The van der Waals surface area contributed by atoms with Gasteiger partial charge in [-0.1, -0.05) is 36.4 Å². The number of pyridine rings is 2. The fourth-order valence-electron chi connectivity index (χ4n) is 2.79. The van der Waals surface area contributed by atoms with Gasteiger partial charge in [0.05, 0.1) is 5.69 Å². The van der Waals surface area contributed by atoms with Gasteiger partial charge in [0, 0.05) is 36.9 Å². The molecule has 1 N–H and O–H groups in total. The predicted molar refractivity (Wildman–Crippen MR) is 98.7 cm³/mol. The highest BCUT2D eigenvalue weighted by Crippen LogP contribution is 2.21. The lowest BCUT2D eigenvalue weighted by atomic mass is 10.1. The maximum absolute atomic E-state index is 4.34. The van der Waals surface area contributed by atoms with Gasteiger partial charge in [0.25, 0.3) is 0 Å². The van der Waals surface area contributed by atoms with E-state index in [0.29, 0.717) is 0 Å². The number of benzene rings is 2. The quantitative estimate of drug-likeness (QED) is 0.582. The number of anilines is 1. The first-order valence-corrected chi connectivity index (χ1v) is 7.95. The number of aromatic nitrogens is 2. The van der Waals surface area contributed by atoms with Crippen LogP contribution in [0.15, 0.2) is 85.5 Å². The lowest BCUT2D eigenvalue weighted by molar-refractivity contribution is 1.14. The highest BCUT2D eigenvalue weighted by atomic mass is 14.9. The van der Waals surface area contributed by atoms with Crippen molar-refractivity contribution in [1.29, 1.82) is 0 Å². The van der Waals surface area contributed by atoms with E-state index in [1.54, 1.807) is 12.4 Å². The Morgan fingerprint density at radius 2 is 1.54 bits per heavy atom. The minimum Gasteiger partial charge on any atom is -0.380 e. The molecule has 0 amide bonds. The number of nitrogens with one attached hydrogen (secondary N) is 1. The van der Waals surface area contributed by atoms with Crippen LogP contribution in [0.25, 0.3) is 21.9 Å². The molecule has 0 fully saturated rings. The van der Waals surface area contributed by atoms with E-state index in [2.05, 4.69) is 63.8 Å². The number of fused-ring (bicyclic) bond motifs is 1. The van der Waals surface area contributed by atoms with Gasteiger partial charge in [-0.2, -0.15) is 0 Å². The van der Waals surface area contributed by atoms with Crippen molar-refractivity contribution in [3.8, 4) is 11.1 Å². The Morgan fingerprint density at radius 1 is 0.708 bits per heavy atom. The zero-order valence-corrected chi connectivity index (χ0v) is 13.2. The standard InChI is InChI=1S/C21H17N3/c1-2-4-19-11-16(5-6-17(19)3-1)13-24-21-12-20(14-23-15-21)18-7-9-22-10-8-18/h1-12,14-15,24H,13H2. The summed E-state index contributed by atoms with van der Waals surface area (Å²) in [6.45, 7) is 0.770. The molecule has 2 aromatic carbocycles. The van der Waals surface area contributed by atoms with E-state index in [0.717, 1.165) is 23.4 Å². The van der Waals surface area contributed by atoms with E-state index in [9.17, 15) is 0 Å². The first-order valence-electron chi connectivity index (χ1n) is 7.95. The summed E-state index contributed by atoms with van der Waals surface area (Å²) in [5.74, 6) is 0. The molecule has 0 saturated heterocycles. The van der Waals surface area contributed by atoms with Gasteiger partial charge in [0.15, 0.2) is 0 Å². The van der Waals surface area contributed by atoms with Crippen molar-refractivity contribution >= 4 is 16.5 Å². The molecule has 0 aliphatic rings. The normalized spacial score (nSPS) is 10.7. The molecule has 0 bridgehead atoms. The number of hydrogen-bond donors (Lipinski definition) is 1. The van der Waals surface area contributed by atoms with Crippen LogP contribution in [0.2, 0.25) is 0 Å². The molecule has 0 spiro atoms. The van der Waals surface area contributed by atoms with Crippen molar-refractivity contribution in [2.75, 3.05) is 5.32 Å². The Labute approximate surface area is 141 Å². The summed E-state index contributed by atoms with van der Waals surface area (Å²) in [7, 11) is 0. The maximum atomic E-state index is 4.34. The van der Waals surface area contributed by atoms with Crippen LogP contribution < -0.4 is 5.32 Å². The molecule has 4 aromatic rings. The Kier molecular flexibility index (Phi) is 3.90. The second-order valence-corrected chi connectivity index (χ2v) is 5.73. The van der Waals surface area contributed by atoms with E-state index in [1.807, 2.05) is 24.5 Å². The molecule has 0 radical (unpaired) electrons. The summed E-state index contributed by atoms with van der Waals surface area (Å²) in [4.78, 5) is 8.40. The van der Waals surface area contributed by atoms with Crippen LogP contribution >= 0.6 is 0 Å². The van der Waals surface area contributed by atoms with Crippen LogP contribution in [0.4, 0.5) is 5.69 Å². The Morgan fingerprint density at radius 3 is 2.42 bits per heavy atom. The minimum absolute atomic E-state index is 0.770. The lowest BCUT2D eigenvalue weighted by Gasteiger charge is -2.09. The van der Waals surface area contributed by atoms with Crippen LogP contribution in [0.3, 0.4) is 0 Å². The van der Waals surface area contributed by atoms with Gasteiger partial charge < -0.3 is 5.32 Å². The largest absolute Gasteiger partial charge is 0.380 e. The van der Waals surface area contributed by atoms with Gasteiger partial charge in [0.2, 0.25) is 0 Å². The zero-order chi connectivity index (χ0) is 16.2. The summed E-state index contributed by atoms with van der Waals surface area (Å²) in [5.41, 5.74) is 4.47. The van der Waals surface area contributed by atoms with Crippen LogP contribution in [0.1, 0.15) is 5.56 Å². The Hall–Kier alpha value is -3.20.